The van der Waals surface area contributed by atoms with Crippen LogP contribution in [0, 0.1) is 12.3 Å². The van der Waals surface area contributed by atoms with E-state index in [0.717, 1.165) is 23.4 Å². The molecule has 11 heteroatoms. The summed E-state index contributed by atoms with van der Waals surface area (Å²) in [6, 6.07) is 11.0. The molecule has 33 heavy (non-hydrogen) atoms. The van der Waals surface area contributed by atoms with E-state index in [4.69, 9.17) is 9.59 Å². The van der Waals surface area contributed by atoms with Crippen LogP contribution in [0.2, 0.25) is 0 Å². The van der Waals surface area contributed by atoms with Gasteiger partial charge in [-0.15, -0.1) is 0 Å². The number of benzene rings is 2. The summed E-state index contributed by atoms with van der Waals surface area (Å²) in [5, 5.41) is 15.3. The Morgan fingerprint density at radius 3 is 2.64 bits per heavy atom. The minimum Gasteiger partial charge on any atom is -0.378 e. The van der Waals surface area contributed by atoms with Crippen LogP contribution >= 0.6 is 27.7 Å². The number of nitrogens with zero attached hydrogens (tertiary/aromatic N) is 3. The molecular weight excluding hydrogens is 528 g/mol. The van der Waals surface area contributed by atoms with Crippen molar-refractivity contribution in [2.45, 2.75) is 31.6 Å². The number of aliphatic imine (C=N–C) groups is 1. The number of hydrazone groups is 1. The molecule has 0 saturated heterocycles. The zero-order valence-corrected chi connectivity index (χ0v) is 20.9. The van der Waals surface area contributed by atoms with Crippen molar-refractivity contribution in [1.82, 2.24) is 5.01 Å². The molecule has 2 aromatic carbocycles. The SMILES string of the molecule is CCCC1=NN2C(=N)/C(=C/c3cc(Br)ccc3OS(=O)(=O)c3ccc(C)cc3)C(=O)N=C2S1. The van der Waals surface area contributed by atoms with Crippen molar-refractivity contribution >= 4 is 65.8 Å². The quantitative estimate of drug-likeness (QED) is 0.405. The first kappa shape index (κ1) is 23.4. The van der Waals surface area contributed by atoms with Crippen molar-refractivity contribution in [1.29, 1.82) is 5.41 Å². The summed E-state index contributed by atoms with van der Waals surface area (Å²) in [5.41, 5.74) is 1.20. The standard InChI is InChI=1S/C22H19BrN4O4S2/c1-3-4-19-26-27-20(24)17(21(28)25-22(27)32-19)12-14-11-15(23)7-10-18(14)31-33(29,30)16-8-5-13(2)6-9-16/h5-12,24H,3-4H2,1-2H3/b17-12-,24-20?. The van der Waals surface area contributed by atoms with Gasteiger partial charge in [0.2, 0.25) is 5.17 Å². The van der Waals surface area contributed by atoms with Gasteiger partial charge in [-0.25, -0.2) is 0 Å². The topological polar surface area (TPSA) is 112 Å². The average molecular weight is 547 g/mol. The monoisotopic (exact) mass is 546 g/mol. The molecule has 0 unspecified atom stereocenters. The van der Waals surface area contributed by atoms with E-state index < -0.39 is 16.0 Å². The van der Waals surface area contributed by atoms with Crippen LogP contribution in [0.5, 0.6) is 5.75 Å². The van der Waals surface area contributed by atoms with Crippen molar-refractivity contribution in [3.63, 3.8) is 0 Å². The first-order valence-electron chi connectivity index (χ1n) is 9.98. The van der Waals surface area contributed by atoms with E-state index in [0.29, 0.717) is 15.2 Å². The second-order valence-electron chi connectivity index (χ2n) is 7.30. The molecule has 0 radical (unpaired) electrons. The third-order valence-corrected chi connectivity index (χ3v) is 7.45. The van der Waals surface area contributed by atoms with Gasteiger partial charge < -0.3 is 4.18 Å². The molecule has 0 aromatic heterocycles. The first-order chi connectivity index (χ1) is 15.7. The summed E-state index contributed by atoms with van der Waals surface area (Å²) in [7, 11) is -4.11. The number of hydrogen-bond acceptors (Lipinski definition) is 7. The molecule has 170 valence electrons. The second-order valence-corrected chi connectivity index (χ2v) is 10.8. The zero-order chi connectivity index (χ0) is 23.8. The van der Waals surface area contributed by atoms with Crippen LogP contribution < -0.4 is 4.18 Å². The van der Waals surface area contributed by atoms with E-state index in [1.165, 1.54) is 41.0 Å². The zero-order valence-electron chi connectivity index (χ0n) is 17.7. The van der Waals surface area contributed by atoms with Crippen molar-refractivity contribution in [2.24, 2.45) is 10.1 Å². The number of halogens is 1. The van der Waals surface area contributed by atoms with Crippen LogP contribution in [0.1, 0.15) is 30.9 Å². The van der Waals surface area contributed by atoms with Crippen molar-refractivity contribution in [3.8, 4) is 5.75 Å². The van der Waals surface area contributed by atoms with Gasteiger partial charge in [-0.1, -0.05) is 40.5 Å². The number of rotatable bonds is 6. The second kappa shape index (κ2) is 9.24. The van der Waals surface area contributed by atoms with E-state index in [1.54, 1.807) is 24.3 Å². The number of fused-ring (bicyclic) bond motifs is 1. The molecule has 0 aliphatic carbocycles. The Kier molecular flexibility index (Phi) is 6.55. The molecule has 0 atom stereocenters. The summed E-state index contributed by atoms with van der Waals surface area (Å²) in [5.74, 6) is -0.706. The molecule has 2 aromatic rings. The molecule has 0 fully saturated rings. The highest BCUT2D eigenvalue weighted by atomic mass is 79.9. The maximum atomic E-state index is 12.8. The molecule has 4 rings (SSSR count). The molecular formula is C22H19BrN4O4S2. The van der Waals surface area contributed by atoms with Crippen molar-refractivity contribution in [2.75, 3.05) is 0 Å². The summed E-state index contributed by atoms with van der Waals surface area (Å²) in [4.78, 5) is 16.8. The molecule has 0 saturated carbocycles. The summed E-state index contributed by atoms with van der Waals surface area (Å²) in [6.07, 6.45) is 3.00. The van der Waals surface area contributed by atoms with Crippen LogP contribution in [-0.4, -0.2) is 35.4 Å². The van der Waals surface area contributed by atoms with Crippen LogP contribution in [0.25, 0.3) is 6.08 Å². The highest BCUT2D eigenvalue weighted by Gasteiger charge is 2.35. The maximum absolute atomic E-state index is 12.8. The van der Waals surface area contributed by atoms with E-state index in [9.17, 15) is 13.2 Å². The normalized spacial score (nSPS) is 17.2. The smallest absolute Gasteiger partial charge is 0.339 e. The maximum Gasteiger partial charge on any atom is 0.339 e. The minimum atomic E-state index is -4.11. The summed E-state index contributed by atoms with van der Waals surface area (Å²) < 4.78 is 31.7. The molecule has 8 nitrogen and oxygen atoms in total. The number of aryl methyl sites for hydroxylation is 1. The predicted octanol–water partition coefficient (Wildman–Crippen LogP) is 4.94. The van der Waals surface area contributed by atoms with Gasteiger partial charge in [0.05, 0.1) is 5.57 Å². The number of thioether (sulfide) groups is 1. The lowest BCUT2D eigenvalue weighted by Gasteiger charge is -2.20. The Labute approximate surface area is 204 Å². The van der Waals surface area contributed by atoms with Gasteiger partial charge in [0.15, 0.2) is 5.84 Å². The molecule has 1 N–H and O–H groups in total. The predicted molar refractivity (Wildman–Crippen MR) is 133 cm³/mol. The van der Waals surface area contributed by atoms with Gasteiger partial charge in [-0.2, -0.15) is 23.5 Å². The molecule has 0 bridgehead atoms. The highest BCUT2D eigenvalue weighted by Crippen LogP contribution is 2.32. The Bertz CT molecular complexity index is 1350. The number of amidine groups is 2. The van der Waals surface area contributed by atoms with Gasteiger partial charge in [0.1, 0.15) is 15.7 Å². The summed E-state index contributed by atoms with van der Waals surface area (Å²) in [6.45, 7) is 3.87. The first-order valence-corrected chi connectivity index (χ1v) is 13.0. The van der Waals surface area contributed by atoms with Crippen LogP contribution in [0.15, 0.2) is 67.5 Å². The minimum absolute atomic E-state index is 0.0113. The summed E-state index contributed by atoms with van der Waals surface area (Å²) >= 11 is 4.63. The van der Waals surface area contributed by atoms with Gasteiger partial charge in [0, 0.05) is 10.0 Å². The third-order valence-electron chi connectivity index (χ3n) is 4.74. The average Bonchev–Trinajstić information content (AvgIpc) is 3.16. The lowest BCUT2D eigenvalue weighted by Crippen LogP contribution is -2.35. The number of hydrogen-bond donors (Lipinski definition) is 1. The van der Waals surface area contributed by atoms with Gasteiger partial charge in [-0.3, -0.25) is 10.2 Å². The van der Waals surface area contributed by atoms with E-state index in [1.807, 2.05) is 13.8 Å². The van der Waals surface area contributed by atoms with E-state index in [-0.39, 0.29) is 22.1 Å². The fourth-order valence-corrected chi connectivity index (χ4v) is 5.40. The van der Waals surface area contributed by atoms with E-state index in [2.05, 4.69) is 26.0 Å². The van der Waals surface area contributed by atoms with Gasteiger partial charge in [0.25, 0.3) is 5.91 Å². The highest BCUT2D eigenvalue weighted by molar-refractivity contribution is 9.10. The largest absolute Gasteiger partial charge is 0.378 e. The Balaban J connectivity index is 1.70. The molecule has 2 aliphatic heterocycles. The fraction of sp³-hybridized carbons (Fsp3) is 0.182. The van der Waals surface area contributed by atoms with Crippen LogP contribution in [-0.2, 0) is 14.9 Å². The van der Waals surface area contributed by atoms with Crippen molar-refractivity contribution in [3.05, 3.63) is 63.6 Å². The molecule has 1 amide bonds. The van der Waals surface area contributed by atoms with Crippen molar-refractivity contribution < 1.29 is 17.4 Å². The number of carbonyl (C=O) groups excluding carboxylic acids is 1. The number of carbonyl (C=O) groups is 1. The van der Waals surface area contributed by atoms with Gasteiger partial charge >= 0.3 is 10.1 Å². The third kappa shape index (κ3) is 4.94. The molecule has 0 spiro atoms. The van der Waals surface area contributed by atoms with Crippen LogP contribution in [0.4, 0.5) is 0 Å². The van der Waals surface area contributed by atoms with Crippen LogP contribution in [0.3, 0.4) is 0 Å². The number of amides is 1. The lowest BCUT2D eigenvalue weighted by molar-refractivity contribution is -0.114. The molecule has 2 aliphatic rings. The molecule has 2 heterocycles. The lowest BCUT2D eigenvalue weighted by atomic mass is 10.1. The van der Waals surface area contributed by atoms with Gasteiger partial charge in [-0.05, 0) is 67.9 Å². The Hall–Kier alpha value is -2.76. The Morgan fingerprint density at radius 1 is 1.21 bits per heavy atom. The Morgan fingerprint density at radius 2 is 1.94 bits per heavy atom. The fourth-order valence-electron chi connectivity index (χ4n) is 3.08. The van der Waals surface area contributed by atoms with E-state index >= 15 is 0 Å². The number of nitrogens with one attached hydrogen (secondary N) is 1.